The molecule has 0 spiro atoms. The minimum absolute atomic E-state index is 0.272. The Hall–Kier alpha value is -1.62. The van der Waals surface area contributed by atoms with E-state index >= 15 is 0 Å². The van der Waals surface area contributed by atoms with Crippen LogP contribution in [0.15, 0.2) is 18.3 Å². The van der Waals surface area contributed by atoms with Crippen LogP contribution in [0, 0.1) is 6.92 Å². The summed E-state index contributed by atoms with van der Waals surface area (Å²) in [6.07, 6.45) is 4.69. The number of carbonyl (C=O) groups is 1. The van der Waals surface area contributed by atoms with Gasteiger partial charge in [0, 0.05) is 18.3 Å². The van der Waals surface area contributed by atoms with E-state index in [4.69, 9.17) is 4.74 Å². The quantitative estimate of drug-likeness (QED) is 0.815. The second kappa shape index (κ2) is 6.87. The second-order valence-corrected chi connectivity index (χ2v) is 7.49. The highest BCUT2D eigenvalue weighted by molar-refractivity contribution is 5.85. The fourth-order valence-corrected chi connectivity index (χ4v) is 3.05. The molecule has 2 atom stereocenters. The van der Waals surface area contributed by atoms with Gasteiger partial charge in [-0.05, 0) is 72.1 Å². The van der Waals surface area contributed by atoms with Crippen molar-refractivity contribution in [2.75, 3.05) is 5.01 Å². The van der Waals surface area contributed by atoms with Gasteiger partial charge in [0.15, 0.2) is 5.82 Å². The average molecular weight is 319 g/mol. The highest BCUT2D eigenvalue weighted by Gasteiger charge is 2.36. The van der Waals surface area contributed by atoms with Crippen LogP contribution in [0.1, 0.15) is 59.4 Å². The molecule has 1 aromatic heterocycles. The average Bonchev–Trinajstić information content (AvgIpc) is 2.40. The van der Waals surface area contributed by atoms with Gasteiger partial charge in [0.2, 0.25) is 0 Å². The molecule has 0 radical (unpaired) electrons. The largest absolute Gasteiger partial charge is 0.442 e. The Balaban J connectivity index is 2.40. The first-order chi connectivity index (χ1) is 10.7. The topological polar surface area (TPSA) is 45.7 Å². The third kappa shape index (κ3) is 4.44. The van der Waals surface area contributed by atoms with Crippen LogP contribution < -0.4 is 5.01 Å². The number of carbonyl (C=O) groups excluding carboxylic acids is 1. The summed E-state index contributed by atoms with van der Waals surface area (Å²) >= 11 is 0. The molecule has 2 heterocycles. The highest BCUT2D eigenvalue weighted by atomic mass is 16.6. The van der Waals surface area contributed by atoms with Crippen molar-refractivity contribution in [2.24, 2.45) is 0 Å². The molecule has 1 aliphatic rings. The molecule has 1 aliphatic heterocycles. The lowest BCUT2D eigenvalue weighted by Gasteiger charge is -2.45. The molecule has 2 unspecified atom stereocenters. The monoisotopic (exact) mass is 319 g/mol. The molecule has 0 aromatic carbocycles. The Labute approximate surface area is 139 Å². The first-order valence-corrected chi connectivity index (χ1v) is 8.43. The number of hydrogen-bond donors (Lipinski definition) is 0. The van der Waals surface area contributed by atoms with Crippen molar-refractivity contribution in [3.63, 3.8) is 0 Å². The number of rotatable bonds is 2. The van der Waals surface area contributed by atoms with Crippen molar-refractivity contribution in [1.29, 1.82) is 0 Å². The summed E-state index contributed by atoms with van der Waals surface area (Å²) in [7, 11) is 0. The van der Waals surface area contributed by atoms with Crippen LogP contribution in [0.3, 0.4) is 0 Å². The fraction of sp³-hybridized carbons (Fsp3) is 0.667. The summed E-state index contributed by atoms with van der Waals surface area (Å²) in [5.74, 6) is 0.625. The number of anilines is 1. The first kappa shape index (κ1) is 17.7. The minimum atomic E-state index is -0.540. The molecule has 1 aromatic rings. The van der Waals surface area contributed by atoms with Crippen molar-refractivity contribution < 1.29 is 9.53 Å². The molecule has 0 bridgehead atoms. The zero-order chi connectivity index (χ0) is 17.2. The van der Waals surface area contributed by atoms with E-state index in [-0.39, 0.29) is 18.2 Å². The third-order valence-electron chi connectivity index (χ3n) is 4.06. The number of hydrogen-bond acceptors (Lipinski definition) is 4. The summed E-state index contributed by atoms with van der Waals surface area (Å²) in [5, 5.41) is 3.76. The van der Waals surface area contributed by atoms with E-state index < -0.39 is 5.60 Å². The molecular formula is C18H29N3O2. The predicted molar refractivity (Wildman–Crippen MR) is 92.3 cm³/mol. The molecule has 1 saturated heterocycles. The molecule has 5 nitrogen and oxygen atoms in total. The van der Waals surface area contributed by atoms with Gasteiger partial charge in [-0.2, -0.15) is 5.01 Å². The zero-order valence-corrected chi connectivity index (χ0v) is 15.2. The molecular weight excluding hydrogens is 290 g/mol. The van der Waals surface area contributed by atoms with E-state index in [1.165, 1.54) is 6.42 Å². The predicted octanol–water partition coefficient (Wildman–Crippen LogP) is 4.31. The van der Waals surface area contributed by atoms with Gasteiger partial charge in [-0.25, -0.2) is 14.8 Å². The van der Waals surface area contributed by atoms with Gasteiger partial charge in [0.25, 0.3) is 0 Å². The fourth-order valence-electron chi connectivity index (χ4n) is 3.05. The number of aromatic nitrogens is 1. The number of nitrogens with zero attached hydrogens (tertiary/aromatic N) is 3. The van der Waals surface area contributed by atoms with Crippen LogP contribution in [0.2, 0.25) is 0 Å². The SMILES string of the molecule is Cc1ccnc(N(C(=O)OC(C)(C)C)N2C(C)CCCC2C)c1. The van der Waals surface area contributed by atoms with Crippen molar-refractivity contribution in [3.05, 3.63) is 23.9 Å². The summed E-state index contributed by atoms with van der Waals surface area (Å²) in [6.45, 7) is 12.0. The Bertz CT molecular complexity index is 543. The lowest BCUT2D eigenvalue weighted by atomic mass is 9.99. The minimum Gasteiger partial charge on any atom is -0.442 e. The van der Waals surface area contributed by atoms with Crippen LogP contribution in [0.4, 0.5) is 10.6 Å². The molecule has 128 valence electrons. The van der Waals surface area contributed by atoms with Crippen molar-refractivity contribution in [3.8, 4) is 0 Å². The summed E-state index contributed by atoms with van der Waals surface area (Å²) in [6, 6.07) is 4.40. The van der Waals surface area contributed by atoms with Crippen LogP contribution in [-0.4, -0.2) is 33.8 Å². The van der Waals surface area contributed by atoms with Crippen LogP contribution in [-0.2, 0) is 4.74 Å². The Morgan fingerprint density at radius 2 is 1.91 bits per heavy atom. The lowest BCUT2D eigenvalue weighted by Crippen LogP contribution is -2.58. The molecule has 0 saturated carbocycles. The highest BCUT2D eigenvalue weighted by Crippen LogP contribution is 2.29. The Kier molecular flexibility index (Phi) is 5.30. The van der Waals surface area contributed by atoms with Crippen molar-refractivity contribution >= 4 is 11.9 Å². The molecule has 23 heavy (non-hydrogen) atoms. The zero-order valence-electron chi connectivity index (χ0n) is 15.2. The first-order valence-electron chi connectivity index (χ1n) is 8.43. The Morgan fingerprint density at radius 3 is 2.43 bits per heavy atom. The summed E-state index contributed by atoms with van der Waals surface area (Å²) in [5.41, 5.74) is 0.530. The smallest absolute Gasteiger partial charge is 0.431 e. The number of pyridine rings is 1. The van der Waals surface area contributed by atoms with Gasteiger partial charge in [-0.3, -0.25) is 0 Å². The number of hydrazine groups is 1. The van der Waals surface area contributed by atoms with Crippen molar-refractivity contribution in [2.45, 2.75) is 78.5 Å². The van der Waals surface area contributed by atoms with Crippen molar-refractivity contribution in [1.82, 2.24) is 9.99 Å². The lowest BCUT2D eigenvalue weighted by molar-refractivity contribution is 0.0262. The van der Waals surface area contributed by atoms with E-state index in [9.17, 15) is 4.79 Å². The van der Waals surface area contributed by atoms with E-state index in [0.717, 1.165) is 18.4 Å². The maximum absolute atomic E-state index is 12.9. The normalized spacial score (nSPS) is 22.7. The molecule has 0 N–H and O–H groups in total. The second-order valence-electron chi connectivity index (χ2n) is 7.49. The van der Waals surface area contributed by atoms with Gasteiger partial charge in [-0.15, -0.1) is 0 Å². The third-order valence-corrected chi connectivity index (χ3v) is 4.06. The Morgan fingerprint density at radius 1 is 1.30 bits per heavy atom. The van der Waals surface area contributed by atoms with Gasteiger partial charge >= 0.3 is 6.09 Å². The van der Waals surface area contributed by atoms with Crippen LogP contribution in [0.5, 0.6) is 0 Å². The van der Waals surface area contributed by atoms with Gasteiger partial charge < -0.3 is 4.74 Å². The number of aryl methyl sites for hydroxylation is 1. The van der Waals surface area contributed by atoms with E-state index in [0.29, 0.717) is 5.82 Å². The molecule has 1 fully saturated rings. The number of piperidine rings is 1. The maximum atomic E-state index is 12.9. The van der Waals surface area contributed by atoms with Gasteiger partial charge in [0.1, 0.15) is 5.60 Å². The number of amides is 1. The number of ether oxygens (including phenoxy) is 1. The standard InChI is InChI=1S/C18H29N3O2/c1-13-10-11-19-16(12-13)21(17(22)23-18(4,5)6)20-14(2)8-7-9-15(20)3/h10-12,14-15H,7-9H2,1-6H3. The van der Waals surface area contributed by atoms with E-state index in [2.05, 4.69) is 23.8 Å². The van der Waals surface area contributed by atoms with E-state index in [1.807, 2.05) is 39.8 Å². The molecule has 1 amide bonds. The van der Waals surface area contributed by atoms with Gasteiger partial charge in [-0.1, -0.05) is 6.42 Å². The molecule has 5 heteroatoms. The molecule has 0 aliphatic carbocycles. The van der Waals surface area contributed by atoms with Gasteiger partial charge in [0.05, 0.1) is 0 Å². The maximum Gasteiger partial charge on any atom is 0.431 e. The summed E-state index contributed by atoms with van der Waals surface area (Å²) in [4.78, 5) is 17.3. The van der Waals surface area contributed by atoms with Crippen LogP contribution in [0.25, 0.3) is 0 Å². The summed E-state index contributed by atoms with van der Waals surface area (Å²) < 4.78 is 5.65. The van der Waals surface area contributed by atoms with Crippen LogP contribution >= 0.6 is 0 Å². The van der Waals surface area contributed by atoms with E-state index in [1.54, 1.807) is 11.2 Å². The molecule has 2 rings (SSSR count).